The third-order valence-corrected chi connectivity index (χ3v) is 2.88. The maximum Gasteiger partial charge on any atom is 0.332 e. The number of aliphatic carboxylic acids is 1. The highest BCUT2D eigenvalue weighted by molar-refractivity contribution is 5.76. The molecule has 1 amide bonds. The minimum atomic E-state index is -0.938. The Bertz CT molecular complexity index is 283. The molecule has 6 heteroatoms. The number of nitrogens with two attached hydrogens (primary N) is 1. The summed E-state index contributed by atoms with van der Waals surface area (Å²) in [6.45, 7) is 2.29. The third kappa shape index (κ3) is 4.70. The summed E-state index contributed by atoms with van der Waals surface area (Å²) in [5, 5.41) is 11.4. The van der Waals surface area contributed by atoms with Crippen LogP contribution >= 0.6 is 0 Å². The molecule has 1 fully saturated rings. The number of rotatable bonds is 6. The minimum Gasteiger partial charge on any atom is -0.479 e. The van der Waals surface area contributed by atoms with Crippen LogP contribution in [-0.4, -0.2) is 41.8 Å². The van der Waals surface area contributed by atoms with Crippen LogP contribution in [0.15, 0.2) is 0 Å². The normalized spacial score (nSPS) is 25.5. The van der Waals surface area contributed by atoms with Crippen molar-refractivity contribution in [2.75, 3.05) is 6.54 Å². The first kappa shape index (κ1) is 13.9. The van der Waals surface area contributed by atoms with Gasteiger partial charge < -0.3 is 20.9 Å². The van der Waals surface area contributed by atoms with Gasteiger partial charge in [0.1, 0.15) is 0 Å². The molecule has 0 aromatic carbocycles. The molecule has 0 aliphatic carbocycles. The van der Waals surface area contributed by atoms with Crippen molar-refractivity contribution in [2.45, 2.75) is 50.9 Å². The van der Waals surface area contributed by atoms with Crippen LogP contribution in [0.2, 0.25) is 0 Å². The van der Waals surface area contributed by atoms with E-state index < -0.39 is 12.1 Å². The molecular formula is C11H20N2O4. The quantitative estimate of drug-likeness (QED) is 0.603. The van der Waals surface area contributed by atoms with Gasteiger partial charge >= 0.3 is 5.97 Å². The van der Waals surface area contributed by atoms with Gasteiger partial charge in [0, 0.05) is 19.0 Å². The van der Waals surface area contributed by atoms with Gasteiger partial charge in [-0.25, -0.2) is 4.79 Å². The fourth-order valence-corrected chi connectivity index (χ4v) is 1.72. The zero-order valence-corrected chi connectivity index (χ0v) is 10.0. The number of carbonyl (C=O) groups excluding carboxylic acids is 1. The fraction of sp³-hybridized carbons (Fsp3) is 0.818. The molecule has 4 N–H and O–H groups in total. The maximum absolute atomic E-state index is 11.4. The van der Waals surface area contributed by atoms with Crippen LogP contribution in [-0.2, 0) is 14.3 Å². The van der Waals surface area contributed by atoms with E-state index in [0.717, 1.165) is 6.42 Å². The number of nitrogens with one attached hydrogen (secondary N) is 1. The average Bonchev–Trinajstić information content (AvgIpc) is 2.75. The topological polar surface area (TPSA) is 102 Å². The Hall–Kier alpha value is -1.14. The molecule has 1 heterocycles. The molecule has 0 spiro atoms. The summed E-state index contributed by atoms with van der Waals surface area (Å²) >= 11 is 0. The van der Waals surface area contributed by atoms with Gasteiger partial charge in [-0.3, -0.25) is 4.79 Å². The third-order valence-electron chi connectivity index (χ3n) is 2.88. The second-order valence-corrected chi connectivity index (χ2v) is 4.34. The van der Waals surface area contributed by atoms with E-state index in [1.165, 1.54) is 0 Å². The summed E-state index contributed by atoms with van der Waals surface area (Å²) in [6.07, 6.45) is 1.30. The molecule has 0 saturated carbocycles. The summed E-state index contributed by atoms with van der Waals surface area (Å²) in [4.78, 5) is 22.1. The van der Waals surface area contributed by atoms with E-state index in [9.17, 15) is 9.59 Å². The Morgan fingerprint density at radius 1 is 1.53 bits per heavy atom. The van der Waals surface area contributed by atoms with E-state index >= 15 is 0 Å². The van der Waals surface area contributed by atoms with Gasteiger partial charge in [-0.15, -0.1) is 0 Å². The van der Waals surface area contributed by atoms with Crippen molar-refractivity contribution in [3.05, 3.63) is 0 Å². The van der Waals surface area contributed by atoms with Gasteiger partial charge in [-0.05, 0) is 19.3 Å². The SMILES string of the molecule is CCC(N)CC(=O)NCC1CCC(C(=O)O)O1. The Morgan fingerprint density at radius 3 is 2.76 bits per heavy atom. The zero-order chi connectivity index (χ0) is 12.8. The van der Waals surface area contributed by atoms with E-state index in [1.807, 2.05) is 6.92 Å². The van der Waals surface area contributed by atoms with Gasteiger partial charge in [0.15, 0.2) is 6.10 Å². The van der Waals surface area contributed by atoms with Crippen molar-refractivity contribution >= 4 is 11.9 Å². The fourth-order valence-electron chi connectivity index (χ4n) is 1.72. The molecular weight excluding hydrogens is 224 g/mol. The van der Waals surface area contributed by atoms with Crippen molar-refractivity contribution in [3.63, 3.8) is 0 Å². The molecule has 1 aliphatic rings. The number of carbonyl (C=O) groups is 2. The predicted molar refractivity (Wildman–Crippen MR) is 61.4 cm³/mol. The highest BCUT2D eigenvalue weighted by Gasteiger charge is 2.30. The molecule has 1 saturated heterocycles. The van der Waals surface area contributed by atoms with Crippen molar-refractivity contribution < 1.29 is 19.4 Å². The largest absolute Gasteiger partial charge is 0.479 e. The molecule has 0 bridgehead atoms. The van der Waals surface area contributed by atoms with E-state index in [2.05, 4.69) is 5.32 Å². The molecule has 17 heavy (non-hydrogen) atoms. The highest BCUT2D eigenvalue weighted by atomic mass is 16.5. The van der Waals surface area contributed by atoms with Crippen molar-refractivity contribution in [2.24, 2.45) is 5.73 Å². The number of ether oxygens (including phenoxy) is 1. The van der Waals surface area contributed by atoms with Crippen LogP contribution in [0.25, 0.3) is 0 Å². The van der Waals surface area contributed by atoms with Gasteiger partial charge in [0.2, 0.25) is 5.91 Å². The maximum atomic E-state index is 11.4. The number of carboxylic acids is 1. The van der Waals surface area contributed by atoms with Gasteiger partial charge in [-0.2, -0.15) is 0 Å². The van der Waals surface area contributed by atoms with Crippen LogP contribution < -0.4 is 11.1 Å². The summed E-state index contributed by atoms with van der Waals surface area (Å²) in [5.74, 6) is -1.05. The lowest BCUT2D eigenvalue weighted by molar-refractivity contribution is -0.149. The summed E-state index contributed by atoms with van der Waals surface area (Å²) in [6, 6.07) is -0.119. The molecule has 98 valence electrons. The molecule has 1 rings (SSSR count). The van der Waals surface area contributed by atoms with E-state index in [-0.39, 0.29) is 18.1 Å². The Kier molecular flexibility index (Phi) is 5.37. The standard InChI is InChI=1S/C11H20N2O4/c1-2-7(12)5-10(14)13-6-8-3-4-9(17-8)11(15)16/h7-9H,2-6,12H2,1H3,(H,13,14)(H,15,16). The van der Waals surface area contributed by atoms with Gasteiger partial charge in [-0.1, -0.05) is 6.92 Å². The zero-order valence-electron chi connectivity index (χ0n) is 10.0. The molecule has 0 aromatic rings. The monoisotopic (exact) mass is 244 g/mol. The highest BCUT2D eigenvalue weighted by Crippen LogP contribution is 2.19. The van der Waals surface area contributed by atoms with Crippen molar-refractivity contribution in [3.8, 4) is 0 Å². The Morgan fingerprint density at radius 2 is 2.24 bits per heavy atom. The van der Waals surface area contributed by atoms with Crippen LogP contribution in [0.3, 0.4) is 0 Å². The average molecular weight is 244 g/mol. The molecule has 3 atom stereocenters. The predicted octanol–water partition coefficient (Wildman–Crippen LogP) is -0.138. The van der Waals surface area contributed by atoms with Gasteiger partial charge in [0.05, 0.1) is 6.10 Å². The summed E-state index contributed by atoms with van der Waals surface area (Å²) in [7, 11) is 0. The lowest BCUT2D eigenvalue weighted by Crippen LogP contribution is -2.36. The molecule has 0 radical (unpaired) electrons. The second kappa shape index (κ2) is 6.56. The Balaban J connectivity index is 2.19. The van der Waals surface area contributed by atoms with Crippen LogP contribution in [0.4, 0.5) is 0 Å². The molecule has 6 nitrogen and oxygen atoms in total. The van der Waals surface area contributed by atoms with E-state index in [4.69, 9.17) is 15.6 Å². The molecule has 1 aliphatic heterocycles. The lowest BCUT2D eigenvalue weighted by Gasteiger charge is -2.13. The summed E-state index contributed by atoms with van der Waals surface area (Å²) in [5.41, 5.74) is 5.65. The van der Waals surface area contributed by atoms with E-state index in [0.29, 0.717) is 25.8 Å². The second-order valence-electron chi connectivity index (χ2n) is 4.34. The van der Waals surface area contributed by atoms with Crippen molar-refractivity contribution in [1.82, 2.24) is 5.32 Å². The van der Waals surface area contributed by atoms with Gasteiger partial charge in [0.25, 0.3) is 0 Å². The first-order valence-corrected chi connectivity index (χ1v) is 5.93. The molecule has 3 unspecified atom stereocenters. The van der Waals surface area contributed by atoms with Crippen molar-refractivity contribution in [1.29, 1.82) is 0 Å². The molecule has 0 aromatic heterocycles. The van der Waals surface area contributed by atoms with Crippen LogP contribution in [0.1, 0.15) is 32.6 Å². The van der Waals surface area contributed by atoms with Crippen LogP contribution in [0, 0.1) is 0 Å². The first-order chi connectivity index (χ1) is 8.02. The van der Waals surface area contributed by atoms with E-state index in [1.54, 1.807) is 0 Å². The summed E-state index contributed by atoms with van der Waals surface area (Å²) < 4.78 is 5.26. The first-order valence-electron chi connectivity index (χ1n) is 5.93. The lowest BCUT2D eigenvalue weighted by atomic mass is 10.1. The minimum absolute atomic E-state index is 0.110. The smallest absolute Gasteiger partial charge is 0.332 e. The number of hydrogen-bond acceptors (Lipinski definition) is 4. The number of hydrogen-bond donors (Lipinski definition) is 3. The van der Waals surface area contributed by atoms with Crippen LogP contribution in [0.5, 0.6) is 0 Å². The Labute approximate surface area is 101 Å². The number of amides is 1. The number of carboxylic acid groups (broad SMARTS) is 1.